The second-order valence-electron chi connectivity index (χ2n) is 4.66. The Labute approximate surface area is 114 Å². The second-order valence-corrected chi connectivity index (χ2v) is 4.66. The van der Waals surface area contributed by atoms with Gasteiger partial charge in [0.25, 0.3) is 5.91 Å². The maximum atomic E-state index is 12.2. The van der Waals surface area contributed by atoms with Gasteiger partial charge in [-0.25, -0.2) is 0 Å². The molecule has 0 aliphatic rings. The van der Waals surface area contributed by atoms with Gasteiger partial charge >= 0.3 is 0 Å². The van der Waals surface area contributed by atoms with Crippen LogP contribution in [0.25, 0.3) is 0 Å². The molecule has 106 valence electrons. The van der Waals surface area contributed by atoms with Gasteiger partial charge in [-0.1, -0.05) is 19.9 Å². The van der Waals surface area contributed by atoms with Crippen molar-refractivity contribution in [3.05, 3.63) is 23.8 Å². The van der Waals surface area contributed by atoms with E-state index in [-0.39, 0.29) is 11.9 Å². The van der Waals surface area contributed by atoms with Crippen LogP contribution in [-0.2, 0) is 0 Å². The summed E-state index contributed by atoms with van der Waals surface area (Å²) < 4.78 is 10.4. The number of carbonyl (C=O) groups is 1. The lowest BCUT2D eigenvalue weighted by Crippen LogP contribution is -2.40. The molecule has 0 bridgehead atoms. The smallest absolute Gasteiger partial charge is 0.258 e. The summed E-state index contributed by atoms with van der Waals surface area (Å²) in [7, 11) is 3.04. The predicted octanol–water partition coefficient (Wildman–Crippen LogP) is 1.42. The van der Waals surface area contributed by atoms with Crippen LogP contribution in [0, 0.1) is 5.92 Å². The first kappa shape index (κ1) is 15.3. The van der Waals surface area contributed by atoms with Crippen LogP contribution in [0.4, 0.5) is 0 Å². The summed E-state index contributed by atoms with van der Waals surface area (Å²) in [6, 6.07) is 5.14. The van der Waals surface area contributed by atoms with Crippen molar-refractivity contribution in [1.29, 1.82) is 0 Å². The van der Waals surface area contributed by atoms with Crippen molar-refractivity contribution in [3.63, 3.8) is 0 Å². The van der Waals surface area contributed by atoms with E-state index in [0.717, 1.165) is 0 Å². The quantitative estimate of drug-likeness (QED) is 0.816. The van der Waals surface area contributed by atoms with E-state index < -0.39 is 0 Å². The average Bonchev–Trinajstić information content (AvgIpc) is 2.42. The van der Waals surface area contributed by atoms with Gasteiger partial charge in [-0.3, -0.25) is 4.79 Å². The number of rotatable bonds is 6. The second kappa shape index (κ2) is 6.99. The molecule has 0 saturated carbocycles. The minimum atomic E-state index is -0.245. The lowest BCUT2D eigenvalue weighted by molar-refractivity contribution is 0.0943. The summed E-state index contributed by atoms with van der Waals surface area (Å²) in [5, 5.41) is 2.81. The van der Waals surface area contributed by atoms with Gasteiger partial charge in [0, 0.05) is 12.6 Å². The van der Waals surface area contributed by atoms with Gasteiger partial charge in [0.1, 0.15) is 17.1 Å². The molecule has 1 amide bonds. The minimum absolute atomic E-state index is 0.0790. The summed E-state index contributed by atoms with van der Waals surface area (Å²) in [6.45, 7) is 4.44. The van der Waals surface area contributed by atoms with Gasteiger partial charge in [-0.05, 0) is 18.1 Å². The van der Waals surface area contributed by atoms with Gasteiger partial charge < -0.3 is 20.5 Å². The van der Waals surface area contributed by atoms with Crippen LogP contribution in [0.15, 0.2) is 18.2 Å². The van der Waals surface area contributed by atoms with Crippen molar-refractivity contribution in [2.45, 2.75) is 19.9 Å². The highest BCUT2D eigenvalue weighted by atomic mass is 16.5. The monoisotopic (exact) mass is 266 g/mol. The Hall–Kier alpha value is -1.75. The summed E-state index contributed by atoms with van der Waals surface area (Å²) in [5.74, 6) is 1.02. The number of benzene rings is 1. The molecule has 0 aromatic heterocycles. The number of ether oxygens (including phenoxy) is 2. The van der Waals surface area contributed by atoms with Gasteiger partial charge in [0.2, 0.25) is 0 Å². The molecule has 0 aliphatic heterocycles. The van der Waals surface area contributed by atoms with E-state index in [0.29, 0.717) is 29.5 Å². The molecule has 1 aromatic carbocycles. The van der Waals surface area contributed by atoms with Gasteiger partial charge in [0.15, 0.2) is 0 Å². The molecule has 0 spiro atoms. The summed E-state index contributed by atoms with van der Waals surface area (Å²) in [4.78, 5) is 12.2. The molecule has 1 aromatic rings. The molecule has 5 nitrogen and oxygen atoms in total. The van der Waals surface area contributed by atoms with E-state index in [4.69, 9.17) is 15.2 Å². The van der Waals surface area contributed by atoms with E-state index >= 15 is 0 Å². The van der Waals surface area contributed by atoms with Crippen molar-refractivity contribution >= 4 is 5.91 Å². The van der Waals surface area contributed by atoms with Crippen molar-refractivity contribution in [1.82, 2.24) is 5.32 Å². The number of carbonyl (C=O) groups excluding carboxylic acids is 1. The van der Waals surface area contributed by atoms with E-state index in [1.807, 2.05) is 13.8 Å². The highest BCUT2D eigenvalue weighted by Gasteiger charge is 2.19. The first-order valence-corrected chi connectivity index (χ1v) is 6.26. The Morgan fingerprint density at radius 1 is 1.26 bits per heavy atom. The SMILES string of the molecule is COc1cccc(OC)c1C(=O)NCC(N)C(C)C. The third-order valence-corrected chi connectivity index (χ3v) is 3.01. The number of hydrogen-bond acceptors (Lipinski definition) is 4. The van der Waals surface area contributed by atoms with Crippen LogP contribution < -0.4 is 20.5 Å². The van der Waals surface area contributed by atoms with Gasteiger partial charge in [-0.2, -0.15) is 0 Å². The molecule has 5 heteroatoms. The van der Waals surface area contributed by atoms with Gasteiger partial charge in [-0.15, -0.1) is 0 Å². The van der Waals surface area contributed by atoms with Crippen LogP contribution in [-0.4, -0.2) is 32.7 Å². The molecule has 1 rings (SSSR count). The molecule has 0 radical (unpaired) electrons. The van der Waals surface area contributed by atoms with Crippen molar-refractivity contribution in [3.8, 4) is 11.5 Å². The normalized spacial score (nSPS) is 12.1. The molecule has 0 fully saturated rings. The zero-order chi connectivity index (χ0) is 14.4. The van der Waals surface area contributed by atoms with Crippen LogP contribution in [0.2, 0.25) is 0 Å². The molecular weight excluding hydrogens is 244 g/mol. The number of nitrogens with one attached hydrogen (secondary N) is 1. The van der Waals surface area contributed by atoms with Crippen LogP contribution in [0.5, 0.6) is 11.5 Å². The van der Waals surface area contributed by atoms with E-state index in [9.17, 15) is 4.79 Å². The largest absolute Gasteiger partial charge is 0.496 e. The molecule has 0 heterocycles. The summed E-state index contributed by atoms with van der Waals surface area (Å²) in [5.41, 5.74) is 6.30. The Morgan fingerprint density at radius 2 is 1.79 bits per heavy atom. The molecule has 1 unspecified atom stereocenters. The third kappa shape index (κ3) is 3.86. The lowest BCUT2D eigenvalue weighted by atomic mass is 10.1. The maximum absolute atomic E-state index is 12.2. The van der Waals surface area contributed by atoms with E-state index in [1.165, 1.54) is 14.2 Å². The molecule has 0 saturated heterocycles. The molecule has 0 aliphatic carbocycles. The minimum Gasteiger partial charge on any atom is -0.496 e. The standard InChI is InChI=1S/C14H22N2O3/c1-9(2)10(15)8-16-14(17)13-11(18-3)6-5-7-12(13)19-4/h5-7,9-10H,8,15H2,1-4H3,(H,16,17). The zero-order valence-electron chi connectivity index (χ0n) is 11.9. The fourth-order valence-electron chi connectivity index (χ4n) is 1.61. The average molecular weight is 266 g/mol. The lowest BCUT2D eigenvalue weighted by Gasteiger charge is -2.17. The number of methoxy groups -OCH3 is 2. The Bertz CT molecular complexity index is 410. The molecule has 19 heavy (non-hydrogen) atoms. The summed E-state index contributed by atoms with van der Waals surface area (Å²) >= 11 is 0. The van der Waals surface area contributed by atoms with E-state index in [1.54, 1.807) is 18.2 Å². The van der Waals surface area contributed by atoms with Crippen molar-refractivity contribution in [2.75, 3.05) is 20.8 Å². The Morgan fingerprint density at radius 3 is 2.21 bits per heavy atom. The Kier molecular flexibility index (Phi) is 5.63. The first-order chi connectivity index (χ1) is 9.01. The first-order valence-electron chi connectivity index (χ1n) is 6.26. The molecule has 1 atom stereocenters. The zero-order valence-corrected chi connectivity index (χ0v) is 11.9. The summed E-state index contributed by atoms with van der Waals surface area (Å²) in [6.07, 6.45) is 0. The Balaban J connectivity index is 2.86. The predicted molar refractivity (Wildman–Crippen MR) is 74.7 cm³/mol. The fraction of sp³-hybridized carbons (Fsp3) is 0.500. The molecular formula is C14H22N2O3. The van der Waals surface area contributed by atoms with E-state index in [2.05, 4.69) is 5.32 Å². The van der Waals surface area contributed by atoms with Crippen LogP contribution >= 0.6 is 0 Å². The number of amides is 1. The third-order valence-electron chi connectivity index (χ3n) is 3.01. The number of nitrogens with two attached hydrogens (primary N) is 1. The highest BCUT2D eigenvalue weighted by Crippen LogP contribution is 2.27. The van der Waals surface area contributed by atoms with Gasteiger partial charge in [0.05, 0.1) is 14.2 Å². The fourth-order valence-corrected chi connectivity index (χ4v) is 1.61. The topological polar surface area (TPSA) is 73.6 Å². The van der Waals surface area contributed by atoms with Crippen LogP contribution in [0.1, 0.15) is 24.2 Å². The number of hydrogen-bond donors (Lipinski definition) is 2. The highest BCUT2D eigenvalue weighted by molar-refractivity contribution is 5.99. The maximum Gasteiger partial charge on any atom is 0.258 e. The molecule has 3 N–H and O–H groups in total. The van der Waals surface area contributed by atoms with Crippen molar-refractivity contribution < 1.29 is 14.3 Å². The van der Waals surface area contributed by atoms with Crippen molar-refractivity contribution in [2.24, 2.45) is 11.7 Å². The van der Waals surface area contributed by atoms with Crippen LogP contribution in [0.3, 0.4) is 0 Å².